The van der Waals surface area contributed by atoms with E-state index in [4.69, 9.17) is 16.7 Å². The summed E-state index contributed by atoms with van der Waals surface area (Å²) in [5, 5.41) is 9.63. The van der Waals surface area contributed by atoms with Gasteiger partial charge in [0.2, 0.25) is 0 Å². The predicted molar refractivity (Wildman–Crippen MR) is 65.8 cm³/mol. The van der Waals surface area contributed by atoms with Crippen molar-refractivity contribution in [2.45, 2.75) is 26.4 Å². The maximum atomic E-state index is 8.99. The van der Waals surface area contributed by atoms with E-state index in [1.807, 2.05) is 0 Å². The number of nitrogens with zero attached hydrogens (tertiary/aromatic N) is 2. The fourth-order valence-corrected chi connectivity index (χ4v) is 2.48. The summed E-state index contributed by atoms with van der Waals surface area (Å²) in [7, 11) is 0. The molecule has 1 aromatic heterocycles. The van der Waals surface area contributed by atoms with Crippen molar-refractivity contribution in [3.63, 3.8) is 0 Å². The van der Waals surface area contributed by atoms with Gasteiger partial charge in [-0.15, -0.1) is 0 Å². The van der Waals surface area contributed by atoms with Crippen LogP contribution < -0.4 is 4.90 Å². The molecule has 0 spiro atoms. The molecule has 1 saturated heterocycles. The van der Waals surface area contributed by atoms with Gasteiger partial charge in [-0.3, -0.25) is 0 Å². The van der Waals surface area contributed by atoms with Crippen LogP contribution in [0, 0.1) is 5.92 Å². The molecule has 0 radical (unpaired) electrons. The number of aliphatic hydroxyl groups is 1. The smallest absolute Gasteiger partial charge is 0.147 e. The van der Waals surface area contributed by atoms with E-state index in [1.54, 1.807) is 12.3 Å². The van der Waals surface area contributed by atoms with Gasteiger partial charge >= 0.3 is 0 Å². The zero-order valence-corrected chi connectivity index (χ0v) is 10.2. The van der Waals surface area contributed by atoms with Gasteiger partial charge in [0.1, 0.15) is 5.82 Å². The summed E-state index contributed by atoms with van der Waals surface area (Å²) in [6.07, 6.45) is 4.17. The first-order valence-corrected chi connectivity index (χ1v) is 6.08. The van der Waals surface area contributed by atoms with E-state index in [1.165, 1.54) is 12.8 Å². The lowest BCUT2D eigenvalue weighted by molar-refractivity contribution is 0.281. The first kappa shape index (κ1) is 11.7. The van der Waals surface area contributed by atoms with Gasteiger partial charge in [-0.05, 0) is 30.4 Å². The number of anilines is 1. The summed E-state index contributed by atoms with van der Waals surface area (Å²) in [6, 6.07) is 1.79. The van der Waals surface area contributed by atoms with Crippen LogP contribution in [0.3, 0.4) is 0 Å². The summed E-state index contributed by atoms with van der Waals surface area (Å²) in [4.78, 5) is 6.57. The third-order valence-corrected chi connectivity index (χ3v) is 3.30. The summed E-state index contributed by atoms with van der Waals surface area (Å²) in [5.41, 5.74) is 0.763. The Hall–Kier alpha value is -0.800. The second kappa shape index (κ2) is 5.02. The largest absolute Gasteiger partial charge is 0.392 e. The second-order valence-electron chi connectivity index (χ2n) is 4.50. The van der Waals surface area contributed by atoms with Crippen LogP contribution in [-0.2, 0) is 6.61 Å². The van der Waals surface area contributed by atoms with Gasteiger partial charge in [-0.25, -0.2) is 4.98 Å². The van der Waals surface area contributed by atoms with Crippen molar-refractivity contribution in [2.75, 3.05) is 18.0 Å². The minimum Gasteiger partial charge on any atom is -0.392 e. The standard InChI is InChI=1S/C12H17ClN2O/c1-9-3-2-4-15(7-9)12-11(13)5-10(8-16)6-14-12/h5-6,9,16H,2-4,7-8H2,1H3. The normalized spacial score (nSPS) is 21.2. The van der Waals surface area contributed by atoms with Crippen molar-refractivity contribution in [3.05, 3.63) is 22.8 Å². The van der Waals surface area contributed by atoms with Gasteiger partial charge in [0.25, 0.3) is 0 Å². The summed E-state index contributed by atoms with van der Waals surface area (Å²) in [6.45, 7) is 4.28. The highest BCUT2D eigenvalue weighted by Gasteiger charge is 2.19. The molecule has 2 heterocycles. The van der Waals surface area contributed by atoms with Crippen LogP contribution in [0.15, 0.2) is 12.3 Å². The predicted octanol–water partition coefficient (Wildman–Crippen LogP) is 2.46. The fourth-order valence-electron chi connectivity index (χ4n) is 2.17. The highest BCUT2D eigenvalue weighted by atomic mass is 35.5. The number of hydrogen-bond donors (Lipinski definition) is 1. The van der Waals surface area contributed by atoms with E-state index in [-0.39, 0.29) is 6.61 Å². The van der Waals surface area contributed by atoms with Crippen LogP contribution in [0.1, 0.15) is 25.3 Å². The molecule has 1 aromatic rings. The summed E-state index contributed by atoms with van der Waals surface area (Å²) < 4.78 is 0. The van der Waals surface area contributed by atoms with Crippen LogP contribution in [0.4, 0.5) is 5.82 Å². The molecule has 1 aliphatic rings. The Morgan fingerprint density at radius 2 is 2.44 bits per heavy atom. The Bertz CT molecular complexity index is 370. The molecule has 0 amide bonds. The molecule has 4 heteroatoms. The van der Waals surface area contributed by atoms with E-state index < -0.39 is 0 Å². The molecule has 0 aromatic carbocycles. The molecule has 0 saturated carbocycles. The van der Waals surface area contributed by atoms with Crippen LogP contribution in [-0.4, -0.2) is 23.2 Å². The highest BCUT2D eigenvalue weighted by Crippen LogP contribution is 2.28. The molecular formula is C12H17ClN2O. The molecule has 0 aliphatic carbocycles. The number of aliphatic hydroxyl groups excluding tert-OH is 1. The Morgan fingerprint density at radius 3 is 3.06 bits per heavy atom. The third kappa shape index (κ3) is 2.47. The van der Waals surface area contributed by atoms with Crippen molar-refractivity contribution in [2.24, 2.45) is 5.92 Å². The second-order valence-corrected chi connectivity index (χ2v) is 4.91. The topological polar surface area (TPSA) is 36.4 Å². The minimum absolute atomic E-state index is 0.0105. The first-order valence-electron chi connectivity index (χ1n) is 5.71. The quantitative estimate of drug-likeness (QED) is 0.863. The Kier molecular flexibility index (Phi) is 3.66. The summed E-state index contributed by atoms with van der Waals surface area (Å²) in [5.74, 6) is 1.55. The molecule has 1 unspecified atom stereocenters. The number of aromatic nitrogens is 1. The van der Waals surface area contributed by atoms with Crippen LogP contribution in [0.25, 0.3) is 0 Å². The Labute approximate surface area is 101 Å². The van der Waals surface area contributed by atoms with Crippen LogP contribution in [0.2, 0.25) is 5.02 Å². The number of halogens is 1. The van der Waals surface area contributed by atoms with Crippen LogP contribution in [0.5, 0.6) is 0 Å². The third-order valence-electron chi connectivity index (χ3n) is 3.02. The molecule has 1 N–H and O–H groups in total. The van der Waals surface area contributed by atoms with Crippen LogP contribution >= 0.6 is 11.6 Å². The van der Waals surface area contributed by atoms with Gasteiger partial charge in [0.15, 0.2) is 0 Å². The number of rotatable bonds is 2. The fraction of sp³-hybridized carbons (Fsp3) is 0.583. The minimum atomic E-state index is -0.0105. The number of piperidine rings is 1. The highest BCUT2D eigenvalue weighted by molar-refractivity contribution is 6.33. The maximum Gasteiger partial charge on any atom is 0.147 e. The Morgan fingerprint density at radius 1 is 1.62 bits per heavy atom. The van der Waals surface area contributed by atoms with Crippen molar-refractivity contribution in [1.82, 2.24) is 4.98 Å². The number of pyridine rings is 1. The molecule has 16 heavy (non-hydrogen) atoms. The maximum absolute atomic E-state index is 8.99. The molecule has 2 rings (SSSR count). The lowest BCUT2D eigenvalue weighted by Gasteiger charge is -2.32. The Balaban J connectivity index is 2.19. The molecule has 0 bridgehead atoms. The molecule has 1 atom stereocenters. The first-order chi connectivity index (χ1) is 7.70. The van der Waals surface area contributed by atoms with E-state index >= 15 is 0 Å². The molecule has 88 valence electrons. The van der Waals surface area contributed by atoms with Crippen molar-refractivity contribution >= 4 is 17.4 Å². The molecule has 1 aliphatic heterocycles. The zero-order valence-electron chi connectivity index (χ0n) is 9.49. The zero-order chi connectivity index (χ0) is 11.5. The monoisotopic (exact) mass is 240 g/mol. The lowest BCUT2D eigenvalue weighted by atomic mass is 10.0. The molecule has 3 nitrogen and oxygen atoms in total. The lowest BCUT2D eigenvalue weighted by Crippen LogP contribution is -2.35. The summed E-state index contributed by atoms with van der Waals surface area (Å²) >= 11 is 6.17. The van der Waals surface area contributed by atoms with Crippen molar-refractivity contribution in [3.8, 4) is 0 Å². The number of hydrogen-bond acceptors (Lipinski definition) is 3. The van der Waals surface area contributed by atoms with E-state index in [9.17, 15) is 0 Å². The van der Waals surface area contributed by atoms with E-state index in [2.05, 4.69) is 16.8 Å². The van der Waals surface area contributed by atoms with Crippen molar-refractivity contribution < 1.29 is 5.11 Å². The van der Waals surface area contributed by atoms with Gasteiger partial charge in [-0.1, -0.05) is 18.5 Å². The molecule has 1 fully saturated rings. The SMILES string of the molecule is CC1CCCN(c2ncc(CO)cc2Cl)C1. The average Bonchev–Trinajstić information content (AvgIpc) is 2.28. The van der Waals surface area contributed by atoms with E-state index in [0.29, 0.717) is 10.9 Å². The average molecular weight is 241 g/mol. The van der Waals surface area contributed by atoms with Gasteiger partial charge in [0.05, 0.1) is 11.6 Å². The van der Waals surface area contributed by atoms with Gasteiger partial charge in [0, 0.05) is 19.3 Å². The van der Waals surface area contributed by atoms with Crippen molar-refractivity contribution in [1.29, 1.82) is 0 Å². The van der Waals surface area contributed by atoms with Gasteiger partial charge in [-0.2, -0.15) is 0 Å². The van der Waals surface area contributed by atoms with Gasteiger partial charge < -0.3 is 10.0 Å². The molecular weight excluding hydrogens is 224 g/mol. The van der Waals surface area contributed by atoms with E-state index in [0.717, 1.165) is 24.5 Å².